The lowest BCUT2D eigenvalue weighted by Crippen LogP contribution is -2.32. The van der Waals surface area contributed by atoms with Gasteiger partial charge < -0.3 is 15.5 Å². The summed E-state index contributed by atoms with van der Waals surface area (Å²) >= 11 is 0. The smallest absolute Gasteiger partial charge is 0.118 e. The molecule has 2 unspecified atom stereocenters. The summed E-state index contributed by atoms with van der Waals surface area (Å²) in [5, 5.41) is 22.7. The van der Waals surface area contributed by atoms with E-state index in [-0.39, 0.29) is 11.8 Å². The first-order chi connectivity index (χ1) is 7.56. The molecular formula is C13H21NO2. The van der Waals surface area contributed by atoms with Gasteiger partial charge in [0.25, 0.3) is 0 Å². The van der Waals surface area contributed by atoms with Crippen molar-refractivity contribution in [1.82, 2.24) is 5.32 Å². The molecule has 0 saturated heterocycles. The number of aromatic hydroxyl groups is 1. The Morgan fingerprint density at radius 3 is 2.62 bits per heavy atom. The average Bonchev–Trinajstić information content (AvgIpc) is 2.28. The SMILES string of the molecule is CCCNC(C)C(O)c1ccc(O)c(C)c1. The number of aryl methyl sites for hydroxylation is 1. The summed E-state index contributed by atoms with van der Waals surface area (Å²) in [6.45, 7) is 6.78. The maximum absolute atomic E-state index is 10.1. The van der Waals surface area contributed by atoms with Crippen LogP contribution in [0.4, 0.5) is 0 Å². The van der Waals surface area contributed by atoms with Gasteiger partial charge in [-0.3, -0.25) is 0 Å². The van der Waals surface area contributed by atoms with E-state index in [0.717, 1.165) is 24.1 Å². The molecule has 1 aromatic carbocycles. The predicted molar refractivity (Wildman–Crippen MR) is 65.6 cm³/mol. The van der Waals surface area contributed by atoms with Crippen LogP contribution >= 0.6 is 0 Å². The quantitative estimate of drug-likeness (QED) is 0.716. The standard InChI is InChI=1S/C13H21NO2/c1-4-7-14-10(3)13(16)11-5-6-12(15)9(2)8-11/h5-6,8,10,13-16H,4,7H2,1-3H3. The Kier molecular flexibility index (Phi) is 4.77. The number of hydrogen-bond donors (Lipinski definition) is 3. The minimum atomic E-state index is -0.536. The summed E-state index contributed by atoms with van der Waals surface area (Å²) in [5.74, 6) is 0.269. The normalized spacial score (nSPS) is 14.8. The molecular weight excluding hydrogens is 202 g/mol. The van der Waals surface area contributed by atoms with Gasteiger partial charge in [-0.15, -0.1) is 0 Å². The molecule has 0 aromatic heterocycles. The maximum atomic E-state index is 10.1. The average molecular weight is 223 g/mol. The van der Waals surface area contributed by atoms with Crippen LogP contribution in [0.15, 0.2) is 18.2 Å². The Morgan fingerprint density at radius 2 is 2.06 bits per heavy atom. The monoisotopic (exact) mass is 223 g/mol. The molecule has 2 atom stereocenters. The summed E-state index contributed by atoms with van der Waals surface area (Å²) in [6, 6.07) is 5.23. The number of hydrogen-bond acceptors (Lipinski definition) is 3. The highest BCUT2D eigenvalue weighted by atomic mass is 16.3. The third-order valence-electron chi connectivity index (χ3n) is 2.75. The summed E-state index contributed by atoms with van der Waals surface area (Å²) < 4.78 is 0. The number of aliphatic hydroxyl groups excluding tert-OH is 1. The van der Waals surface area contributed by atoms with E-state index < -0.39 is 6.10 Å². The van der Waals surface area contributed by atoms with Crippen molar-refractivity contribution >= 4 is 0 Å². The number of benzene rings is 1. The van der Waals surface area contributed by atoms with E-state index >= 15 is 0 Å². The zero-order chi connectivity index (χ0) is 12.1. The molecule has 0 radical (unpaired) electrons. The highest BCUT2D eigenvalue weighted by Crippen LogP contribution is 2.23. The lowest BCUT2D eigenvalue weighted by atomic mass is 10.0. The van der Waals surface area contributed by atoms with E-state index in [1.807, 2.05) is 19.9 Å². The van der Waals surface area contributed by atoms with Crippen molar-refractivity contribution in [3.05, 3.63) is 29.3 Å². The van der Waals surface area contributed by atoms with E-state index in [1.54, 1.807) is 12.1 Å². The van der Waals surface area contributed by atoms with E-state index in [0.29, 0.717) is 0 Å². The third kappa shape index (κ3) is 3.22. The Bertz CT molecular complexity index is 339. The molecule has 1 aromatic rings. The van der Waals surface area contributed by atoms with Crippen LogP contribution in [0.3, 0.4) is 0 Å². The number of phenolic OH excluding ortho intramolecular Hbond substituents is 1. The Hall–Kier alpha value is -1.06. The minimum Gasteiger partial charge on any atom is -0.508 e. The van der Waals surface area contributed by atoms with Gasteiger partial charge in [0.1, 0.15) is 5.75 Å². The molecule has 0 spiro atoms. The highest BCUT2D eigenvalue weighted by Gasteiger charge is 2.15. The van der Waals surface area contributed by atoms with E-state index in [9.17, 15) is 10.2 Å². The van der Waals surface area contributed by atoms with E-state index in [2.05, 4.69) is 12.2 Å². The second-order valence-electron chi connectivity index (χ2n) is 4.23. The molecule has 0 saturated carbocycles. The fourth-order valence-corrected chi connectivity index (χ4v) is 1.63. The van der Waals surface area contributed by atoms with Gasteiger partial charge in [0.2, 0.25) is 0 Å². The fraction of sp³-hybridized carbons (Fsp3) is 0.538. The fourth-order valence-electron chi connectivity index (χ4n) is 1.63. The summed E-state index contributed by atoms with van der Waals surface area (Å²) in [6.07, 6.45) is 0.511. The van der Waals surface area contributed by atoms with Crippen LogP contribution in [-0.4, -0.2) is 22.8 Å². The van der Waals surface area contributed by atoms with Crippen LogP contribution in [0.2, 0.25) is 0 Å². The lowest BCUT2D eigenvalue weighted by Gasteiger charge is -2.20. The Morgan fingerprint density at radius 1 is 1.38 bits per heavy atom. The molecule has 0 aliphatic rings. The Balaban J connectivity index is 2.71. The molecule has 3 heteroatoms. The van der Waals surface area contributed by atoms with Gasteiger partial charge in [-0.2, -0.15) is 0 Å². The topological polar surface area (TPSA) is 52.5 Å². The molecule has 3 nitrogen and oxygen atoms in total. The van der Waals surface area contributed by atoms with Gasteiger partial charge >= 0.3 is 0 Å². The van der Waals surface area contributed by atoms with Gasteiger partial charge in [-0.25, -0.2) is 0 Å². The van der Waals surface area contributed by atoms with E-state index in [1.165, 1.54) is 0 Å². The number of aliphatic hydroxyl groups is 1. The second kappa shape index (κ2) is 5.87. The Labute approximate surface area is 97.1 Å². The number of rotatable bonds is 5. The van der Waals surface area contributed by atoms with Gasteiger partial charge in [-0.1, -0.05) is 13.0 Å². The van der Waals surface area contributed by atoms with Crippen molar-refractivity contribution < 1.29 is 10.2 Å². The predicted octanol–water partition coefficient (Wildman–Crippen LogP) is 2.12. The first-order valence-electron chi connectivity index (χ1n) is 5.77. The third-order valence-corrected chi connectivity index (χ3v) is 2.75. The van der Waals surface area contributed by atoms with Crippen molar-refractivity contribution in [2.45, 2.75) is 39.3 Å². The molecule has 3 N–H and O–H groups in total. The van der Waals surface area contributed by atoms with Crippen molar-refractivity contribution in [3.63, 3.8) is 0 Å². The van der Waals surface area contributed by atoms with Crippen molar-refractivity contribution in [1.29, 1.82) is 0 Å². The van der Waals surface area contributed by atoms with Crippen molar-refractivity contribution in [2.75, 3.05) is 6.54 Å². The number of nitrogens with one attached hydrogen (secondary N) is 1. The van der Waals surface area contributed by atoms with Crippen LogP contribution in [0, 0.1) is 6.92 Å². The molecule has 1 rings (SSSR count). The largest absolute Gasteiger partial charge is 0.508 e. The van der Waals surface area contributed by atoms with Crippen molar-refractivity contribution in [3.8, 4) is 5.75 Å². The molecule has 16 heavy (non-hydrogen) atoms. The molecule has 0 fully saturated rings. The highest BCUT2D eigenvalue weighted by molar-refractivity contribution is 5.36. The van der Waals surface area contributed by atoms with Crippen molar-refractivity contribution in [2.24, 2.45) is 0 Å². The second-order valence-corrected chi connectivity index (χ2v) is 4.23. The molecule has 0 aliphatic heterocycles. The molecule has 0 bridgehead atoms. The van der Waals surface area contributed by atoms with Gasteiger partial charge in [0.15, 0.2) is 0 Å². The summed E-state index contributed by atoms with van der Waals surface area (Å²) in [7, 11) is 0. The summed E-state index contributed by atoms with van der Waals surface area (Å²) in [4.78, 5) is 0. The van der Waals surface area contributed by atoms with Gasteiger partial charge in [-0.05, 0) is 50.1 Å². The molecule has 90 valence electrons. The summed E-state index contributed by atoms with van der Waals surface area (Å²) in [5.41, 5.74) is 1.63. The molecule has 0 heterocycles. The maximum Gasteiger partial charge on any atom is 0.118 e. The zero-order valence-corrected chi connectivity index (χ0v) is 10.2. The zero-order valence-electron chi connectivity index (χ0n) is 10.2. The molecule has 0 amide bonds. The van der Waals surface area contributed by atoms with Crippen LogP contribution in [0.1, 0.15) is 37.5 Å². The van der Waals surface area contributed by atoms with E-state index in [4.69, 9.17) is 0 Å². The van der Waals surface area contributed by atoms with Crippen LogP contribution in [-0.2, 0) is 0 Å². The first kappa shape index (κ1) is 13.0. The first-order valence-corrected chi connectivity index (χ1v) is 5.77. The number of phenols is 1. The van der Waals surface area contributed by atoms with Crippen LogP contribution in [0.25, 0.3) is 0 Å². The molecule has 0 aliphatic carbocycles. The van der Waals surface area contributed by atoms with Gasteiger partial charge in [0, 0.05) is 6.04 Å². The van der Waals surface area contributed by atoms with Gasteiger partial charge in [0.05, 0.1) is 6.10 Å². The van der Waals surface area contributed by atoms with Crippen LogP contribution in [0.5, 0.6) is 5.75 Å². The van der Waals surface area contributed by atoms with Crippen LogP contribution < -0.4 is 5.32 Å². The minimum absolute atomic E-state index is 0.0175. The lowest BCUT2D eigenvalue weighted by molar-refractivity contribution is 0.136.